The summed E-state index contributed by atoms with van der Waals surface area (Å²) < 4.78 is 10.3. The Bertz CT molecular complexity index is 575. The second-order valence-electron chi connectivity index (χ2n) is 3.93. The summed E-state index contributed by atoms with van der Waals surface area (Å²) in [5.41, 5.74) is 0.983. The van der Waals surface area contributed by atoms with Crippen LogP contribution >= 0.6 is 0 Å². The van der Waals surface area contributed by atoms with Gasteiger partial charge in [0.1, 0.15) is 17.1 Å². The predicted octanol–water partition coefficient (Wildman–Crippen LogP) is 2.30. The third-order valence-electron chi connectivity index (χ3n) is 2.61. The molecule has 0 aromatic carbocycles. The van der Waals surface area contributed by atoms with Crippen molar-refractivity contribution in [3.63, 3.8) is 0 Å². The van der Waals surface area contributed by atoms with Crippen molar-refractivity contribution in [2.45, 2.75) is 13.5 Å². The average Bonchev–Trinajstić information content (AvgIpc) is 2.78. The van der Waals surface area contributed by atoms with Crippen LogP contribution in [-0.4, -0.2) is 23.2 Å². The molecule has 6 heteroatoms. The van der Waals surface area contributed by atoms with Gasteiger partial charge >= 0.3 is 5.97 Å². The van der Waals surface area contributed by atoms with Gasteiger partial charge < -0.3 is 19.6 Å². The number of rotatable bonds is 5. The standard InChI is InChI=1S/C13H14N2O4/c1-8-11(13(16)17)5-10(19-8)7-14-9-3-4-12(18-2)15-6-9/h3-6,14H,7H2,1-2H3,(H,16,17). The van der Waals surface area contributed by atoms with Crippen LogP contribution in [0.5, 0.6) is 5.88 Å². The number of ether oxygens (including phenoxy) is 1. The molecule has 19 heavy (non-hydrogen) atoms. The zero-order valence-electron chi connectivity index (χ0n) is 10.6. The number of nitrogens with zero attached hydrogens (tertiary/aromatic N) is 1. The fourth-order valence-corrected chi connectivity index (χ4v) is 1.64. The Balaban J connectivity index is 2.01. The number of aryl methyl sites for hydroxylation is 1. The Labute approximate surface area is 110 Å². The van der Waals surface area contributed by atoms with Crippen LogP contribution in [0.3, 0.4) is 0 Å². The number of carbonyl (C=O) groups is 1. The normalized spacial score (nSPS) is 10.2. The van der Waals surface area contributed by atoms with E-state index in [1.54, 1.807) is 26.3 Å². The average molecular weight is 262 g/mol. The molecule has 2 rings (SSSR count). The summed E-state index contributed by atoms with van der Waals surface area (Å²) >= 11 is 0. The minimum absolute atomic E-state index is 0.185. The van der Waals surface area contributed by atoms with E-state index in [0.717, 1.165) is 5.69 Å². The molecule has 0 saturated heterocycles. The van der Waals surface area contributed by atoms with E-state index in [1.165, 1.54) is 6.07 Å². The number of hydrogen-bond acceptors (Lipinski definition) is 5. The summed E-state index contributed by atoms with van der Waals surface area (Å²) in [6.07, 6.45) is 1.63. The summed E-state index contributed by atoms with van der Waals surface area (Å²) in [5.74, 6) is 0.508. The first-order valence-electron chi connectivity index (χ1n) is 5.66. The molecule has 0 amide bonds. The lowest BCUT2D eigenvalue weighted by Gasteiger charge is -2.04. The lowest BCUT2D eigenvalue weighted by Crippen LogP contribution is -1.99. The van der Waals surface area contributed by atoms with E-state index in [1.807, 2.05) is 6.07 Å². The van der Waals surface area contributed by atoms with Gasteiger partial charge in [0.25, 0.3) is 0 Å². The predicted molar refractivity (Wildman–Crippen MR) is 68.5 cm³/mol. The van der Waals surface area contributed by atoms with Crippen molar-refractivity contribution in [3.8, 4) is 5.88 Å². The molecule has 2 N–H and O–H groups in total. The Morgan fingerprint density at radius 1 is 1.53 bits per heavy atom. The van der Waals surface area contributed by atoms with Gasteiger partial charge in [0.05, 0.1) is 25.5 Å². The summed E-state index contributed by atoms with van der Waals surface area (Å²) in [7, 11) is 1.55. The van der Waals surface area contributed by atoms with Crippen molar-refractivity contribution in [1.82, 2.24) is 4.98 Å². The molecule has 2 aromatic heterocycles. The SMILES string of the molecule is COc1ccc(NCc2cc(C(=O)O)c(C)o2)cn1. The number of methoxy groups -OCH3 is 1. The highest BCUT2D eigenvalue weighted by Crippen LogP contribution is 2.17. The summed E-state index contributed by atoms with van der Waals surface area (Å²) in [6, 6.07) is 5.07. The van der Waals surface area contributed by atoms with E-state index in [0.29, 0.717) is 23.9 Å². The van der Waals surface area contributed by atoms with Crippen molar-refractivity contribution >= 4 is 11.7 Å². The van der Waals surface area contributed by atoms with E-state index < -0.39 is 5.97 Å². The molecule has 0 spiro atoms. The van der Waals surface area contributed by atoms with Gasteiger partial charge in [0.15, 0.2) is 0 Å². The highest BCUT2D eigenvalue weighted by Gasteiger charge is 2.13. The zero-order valence-corrected chi connectivity index (χ0v) is 10.6. The number of aromatic carboxylic acids is 1. The number of hydrogen-bond donors (Lipinski definition) is 2. The summed E-state index contributed by atoms with van der Waals surface area (Å²) in [4.78, 5) is 14.9. The van der Waals surface area contributed by atoms with Crippen molar-refractivity contribution in [2.24, 2.45) is 0 Å². The summed E-state index contributed by atoms with van der Waals surface area (Å²) in [6.45, 7) is 2.02. The largest absolute Gasteiger partial charge is 0.481 e. The Morgan fingerprint density at radius 2 is 2.32 bits per heavy atom. The van der Waals surface area contributed by atoms with Gasteiger partial charge in [-0.15, -0.1) is 0 Å². The van der Waals surface area contributed by atoms with Crippen molar-refractivity contribution < 1.29 is 19.1 Å². The zero-order chi connectivity index (χ0) is 13.8. The van der Waals surface area contributed by atoms with Gasteiger partial charge in [-0.2, -0.15) is 0 Å². The number of furan rings is 1. The van der Waals surface area contributed by atoms with Crippen LogP contribution in [0.25, 0.3) is 0 Å². The van der Waals surface area contributed by atoms with E-state index in [-0.39, 0.29) is 5.56 Å². The maximum atomic E-state index is 10.9. The van der Waals surface area contributed by atoms with Crippen LogP contribution in [0, 0.1) is 6.92 Å². The van der Waals surface area contributed by atoms with Crippen molar-refractivity contribution in [2.75, 3.05) is 12.4 Å². The van der Waals surface area contributed by atoms with Crippen LogP contribution in [0.2, 0.25) is 0 Å². The molecule has 0 radical (unpaired) electrons. The smallest absolute Gasteiger partial charge is 0.339 e. The minimum atomic E-state index is -0.987. The van der Waals surface area contributed by atoms with E-state index in [4.69, 9.17) is 14.3 Å². The minimum Gasteiger partial charge on any atom is -0.481 e. The molecule has 0 aliphatic rings. The molecule has 0 bridgehead atoms. The Morgan fingerprint density at radius 3 is 2.84 bits per heavy atom. The number of carboxylic acid groups (broad SMARTS) is 1. The first-order valence-corrected chi connectivity index (χ1v) is 5.66. The van der Waals surface area contributed by atoms with E-state index in [9.17, 15) is 4.79 Å². The number of pyridine rings is 1. The quantitative estimate of drug-likeness (QED) is 0.860. The Hall–Kier alpha value is -2.50. The molecule has 2 aromatic rings. The van der Waals surface area contributed by atoms with Gasteiger partial charge in [-0.05, 0) is 19.1 Å². The Kier molecular flexibility index (Phi) is 3.70. The van der Waals surface area contributed by atoms with Crippen molar-refractivity contribution in [3.05, 3.63) is 41.5 Å². The monoisotopic (exact) mass is 262 g/mol. The molecule has 0 unspecified atom stereocenters. The number of anilines is 1. The summed E-state index contributed by atoms with van der Waals surface area (Å²) in [5, 5.41) is 12.0. The van der Waals surface area contributed by atoms with Gasteiger partial charge in [-0.1, -0.05) is 0 Å². The lowest BCUT2D eigenvalue weighted by atomic mass is 10.2. The molecule has 0 aliphatic heterocycles. The van der Waals surface area contributed by atoms with Gasteiger partial charge in [0, 0.05) is 6.07 Å². The molecular weight excluding hydrogens is 248 g/mol. The fraction of sp³-hybridized carbons (Fsp3) is 0.231. The molecule has 0 aliphatic carbocycles. The van der Waals surface area contributed by atoms with Crippen LogP contribution in [0.15, 0.2) is 28.8 Å². The third-order valence-corrected chi connectivity index (χ3v) is 2.61. The van der Waals surface area contributed by atoms with Crippen LogP contribution in [-0.2, 0) is 6.54 Å². The van der Waals surface area contributed by atoms with Crippen LogP contribution in [0.1, 0.15) is 21.9 Å². The molecule has 0 fully saturated rings. The van der Waals surface area contributed by atoms with Crippen molar-refractivity contribution in [1.29, 1.82) is 0 Å². The van der Waals surface area contributed by atoms with Crippen LogP contribution < -0.4 is 10.1 Å². The third kappa shape index (κ3) is 3.04. The fourth-order valence-electron chi connectivity index (χ4n) is 1.64. The highest BCUT2D eigenvalue weighted by atomic mass is 16.5. The second kappa shape index (κ2) is 5.43. The highest BCUT2D eigenvalue weighted by molar-refractivity contribution is 5.88. The molecule has 6 nitrogen and oxygen atoms in total. The first kappa shape index (κ1) is 12.9. The number of carboxylic acids is 1. The van der Waals surface area contributed by atoms with Gasteiger partial charge in [-0.3, -0.25) is 0 Å². The first-order chi connectivity index (χ1) is 9.10. The van der Waals surface area contributed by atoms with E-state index >= 15 is 0 Å². The lowest BCUT2D eigenvalue weighted by molar-refractivity contribution is 0.0695. The maximum Gasteiger partial charge on any atom is 0.339 e. The molecule has 2 heterocycles. The van der Waals surface area contributed by atoms with E-state index in [2.05, 4.69) is 10.3 Å². The second-order valence-corrected chi connectivity index (χ2v) is 3.93. The van der Waals surface area contributed by atoms with Crippen LogP contribution in [0.4, 0.5) is 5.69 Å². The molecular formula is C13H14N2O4. The molecule has 0 atom stereocenters. The van der Waals surface area contributed by atoms with Gasteiger partial charge in [0.2, 0.25) is 5.88 Å². The number of nitrogens with one attached hydrogen (secondary N) is 1. The topological polar surface area (TPSA) is 84.6 Å². The van der Waals surface area contributed by atoms with Gasteiger partial charge in [-0.25, -0.2) is 9.78 Å². The molecule has 0 saturated carbocycles. The molecule has 100 valence electrons. The number of aromatic nitrogens is 1. The maximum absolute atomic E-state index is 10.9.